The van der Waals surface area contributed by atoms with E-state index in [9.17, 15) is 13.2 Å². The van der Waals surface area contributed by atoms with Gasteiger partial charge in [-0.3, -0.25) is 4.68 Å². The molecule has 0 aliphatic carbocycles. The molecule has 2 heterocycles. The largest absolute Gasteiger partial charge is 0.449 e. The van der Waals surface area contributed by atoms with E-state index < -0.39 is 16.3 Å². The quantitative estimate of drug-likeness (QED) is 0.812. The van der Waals surface area contributed by atoms with Crippen LogP contribution in [0.15, 0.2) is 12.3 Å². The van der Waals surface area contributed by atoms with Crippen LogP contribution in [-0.2, 0) is 14.9 Å². The number of anilines is 1. The van der Waals surface area contributed by atoms with Crippen molar-refractivity contribution in [2.24, 2.45) is 0 Å². The number of nitrogen functional groups attached to an aromatic ring is 1. The Morgan fingerprint density at radius 2 is 2.19 bits per heavy atom. The summed E-state index contributed by atoms with van der Waals surface area (Å²) in [6.07, 6.45) is 2.02. The van der Waals surface area contributed by atoms with Gasteiger partial charge in [-0.1, -0.05) is 0 Å². The van der Waals surface area contributed by atoms with Crippen LogP contribution >= 0.6 is 0 Å². The number of nitrogens with two attached hydrogens (primary N) is 1. The van der Waals surface area contributed by atoms with Gasteiger partial charge in [0.2, 0.25) is 0 Å². The molecule has 1 amide bonds. The molecule has 3 N–H and O–H groups in total. The predicted molar refractivity (Wildman–Crippen MR) is 75.6 cm³/mol. The van der Waals surface area contributed by atoms with Crippen molar-refractivity contribution >= 4 is 22.1 Å². The molecule has 1 aromatic heterocycles. The molecule has 0 saturated carbocycles. The predicted octanol–water partition coefficient (Wildman–Crippen LogP) is 0.0931. The van der Waals surface area contributed by atoms with Gasteiger partial charge in [-0.25, -0.2) is 9.52 Å². The van der Waals surface area contributed by atoms with Gasteiger partial charge in [-0.2, -0.15) is 17.8 Å². The molecule has 118 valence electrons. The normalized spacial score (nSPS) is 17.6. The number of carbonyl (C=O) groups is 1. The number of nitrogens with zero attached hydrogens (tertiary/aromatic N) is 3. The van der Waals surface area contributed by atoms with E-state index in [1.54, 1.807) is 23.9 Å². The van der Waals surface area contributed by atoms with Gasteiger partial charge in [0.15, 0.2) is 0 Å². The van der Waals surface area contributed by atoms with Crippen LogP contribution in [0, 0.1) is 0 Å². The van der Waals surface area contributed by atoms with Gasteiger partial charge in [0.25, 0.3) is 0 Å². The first kappa shape index (κ1) is 15.6. The Bertz CT molecular complexity index is 592. The summed E-state index contributed by atoms with van der Waals surface area (Å²) in [5, 5.41) is 4.13. The highest BCUT2D eigenvalue weighted by molar-refractivity contribution is 7.87. The maximum absolute atomic E-state index is 12.0. The van der Waals surface area contributed by atoms with Crippen LogP contribution < -0.4 is 10.5 Å². The SMILES string of the molecule is CCOC(=O)NS(=O)(=O)N1CCC(n2ccc(N)n2)CC1. The number of hydrogen-bond donors (Lipinski definition) is 2. The van der Waals surface area contributed by atoms with Crippen LogP contribution in [0.2, 0.25) is 0 Å². The third-order valence-corrected chi connectivity index (χ3v) is 4.72. The summed E-state index contributed by atoms with van der Waals surface area (Å²) in [5.74, 6) is 0.439. The fourth-order valence-electron chi connectivity index (χ4n) is 2.23. The van der Waals surface area contributed by atoms with Gasteiger partial charge in [0.05, 0.1) is 12.6 Å². The van der Waals surface area contributed by atoms with Crippen molar-refractivity contribution in [3.63, 3.8) is 0 Å². The van der Waals surface area contributed by atoms with Crippen molar-refractivity contribution in [1.82, 2.24) is 18.8 Å². The first-order valence-electron chi connectivity index (χ1n) is 6.67. The molecule has 1 fully saturated rings. The van der Waals surface area contributed by atoms with E-state index in [1.165, 1.54) is 4.31 Å². The van der Waals surface area contributed by atoms with Crippen molar-refractivity contribution in [2.45, 2.75) is 25.8 Å². The Balaban J connectivity index is 1.92. The molecule has 0 spiro atoms. The van der Waals surface area contributed by atoms with Crippen molar-refractivity contribution in [3.8, 4) is 0 Å². The molecule has 1 aliphatic rings. The first-order valence-corrected chi connectivity index (χ1v) is 8.11. The second kappa shape index (κ2) is 6.31. The van der Waals surface area contributed by atoms with Crippen LogP contribution in [0.25, 0.3) is 0 Å². The van der Waals surface area contributed by atoms with Gasteiger partial charge in [-0.05, 0) is 25.8 Å². The lowest BCUT2D eigenvalue weighted by Crippen LogP contribution is -2.47. The fraction of sp³-hybridized carbons (Fsp3) is 0.636. The molecule has 21 heavy (non-hydrogen) atoms. The number of rotatable bonds is 4. The first-order chi connectivity index (χ1) is 9.92. The molecule has 1 aromatic rings. The molecular formula is C11H19N5O4S. The highest BCUT2D eigenvalue weighted by atomic mass is 32.2. The zero-order chi connectivity index (χ0) is 15.5. The summed E-state index contributed by atoms with van der Waals surface area (Å²) in [6, 6.07) is 1.81. The Morgan fingerprint density at radius 1 is 1.52 bits per heavy atom. The average Bonchev–Trinajstić information content (AvgIpc) is 2.85. The second-order valence-electron chi connectivity index (χ2n) is 4.68. The van der Waals surface area contributed by atoms with Crippen molar-refractivity contribution < 1.29 is 17.9 Å². The van der Waals surface area contributed by atoms with E-state index in [0.29, 0.717) is 31.7 Å². The van der Waals surface area contributed by atoms with Crippen LogP contribution in [0.3, 0.4) is 0 Å². The molecule has 0 unspecified atom stereocenters. The zero-order valence-corrected chi connectivity index (χ0v) is 12.5. The maximum Gasteiger partial charge on any atom is 0.421 e. The summed E-state index contributed by atoms with van der Waals surface area (Å²) in [6.45, 7) is 2.33. The van der Waals surface area contributed by atoms with E-state index >= 15 is 0 Å². The number of piperidine rings is 1. The Hall–Kier alpha value is -1.81. The van der Waals surface area contributed by atoms with E-state index in [1.807, 2.05) is 4.72 Å². The number of hydrogen-bond acceptors (Lipinski definition) is 6. The molecule has 2 rings (SSSR count). The third kappa shape index (κ3) is 3.85. The molecule has 1 aliphatic heterocycles. The minimum Gasteiger partial charge on any atom is -0.449 e. The van der Waals surface area contributed by atoms with E-state index in [0.717, 1.165) is 0 Å². The minimum absolute atomic E-state index is 0.108. The summed E-state index contributed by atoms with van der Waals surface area (Å²) in [4.78, 5) is 11.2. The highest BCUT2D eigenvalue weighted by Gasteiger charge is 2.30. The van der Waals surface area contributed by atoms with Gasteiger partial charge >= 0.3 is 16.3 Å². The topological polar surface area (TPSA) is 120 Å². The van der Waals surface area contributed by atoms with Crippen LogP contribution in [0.4, 0.5) is 10.6 Å². The molecule has 0 bridgehead atoms. The summed E-state index contributed by atoms with van der Waals surface area (Å²) in [7, 11) is -3.85. The monoisotopic (exact) mass is 317 g/mol. The summed E-state index contributed by atoms with van der Waals surface area (Å²) >= 11 is 0. The molecule has 0 aromatic carbocycles. The molecule has 1 saturated heterocycles. The van der Waals surface area contributed by atoms with Crippen LogP contribution in [0.5, 0.6) is 0 Å². The van der Waals surface area contributed by atoms with Crippen LogP contribution in [-0.4, -0.2) is 48.3 Å². The number of carbonyl (C=O) groups excluding carboxylic acids is 1. The number of ether oxygens (including phenoxy) is 1. The van der Waals surface area contributed by atoms with Crippen molar-refractivity contribution in [3.05, 3.63) is 12.3 Å². The van der Waals surface area contributed by atoms with Gasteiger partial charge in [0.1, 0.15) is 5.82 Å². The number of nitrogens with one attached hydrogen (secondary N) is 1. The average molecular weight is 317 g/mol. The van der Waals surface area contributed by atoms with Gasteiger partial charge in [-0.15, -0.1) is 0 Å². The van der Waals surface area contributed by atoms with Gasteiger partial charge < -0.3 is 10.5 Å². The lowest BCUT2D eigenvalue weighted by Gasteiger charge is -2.30. The molecule has 0 atom stereocenters. The lowest BCUT2D eigenvalue weighted by atomic mass is 10.1. The Kier molecular flexibility index (Phi) is 4.68. The minimum atomic E-state index is -3.85. The molecule has 0 radical (unpaired) electrons. The van der Waals surface area contributed by atoms with E-state index in [2.05, 4.69) is 9.84 Å². The standard InChI is InChI=1S/C11H19N5O4S/c1-2-20-11(17)14-21(18,19)15-6-3-9(4-7-15)16-8-5-10(12)13-16/h5,8-9H,2-4,6-7H2,1H3,(H2,12,13)(H,14,17). The smallest absolute Gasteiger partial charge is 0.421 e. The fourth-order valence-corrected chi connectivity index (χ4v) is 3.32. The third-order valence-electron chi connectivity index (χ3n) is 3.25. The second-order valence-corrected chi connectivity index (χ2v) is 6.35. The molecule has 10 heteroatoms. The Morgan fingerprint density at radius 3 is 2.71 bits per heavy atom. The highest BCUT2D eigenvalue weighted by Crippen LogP contribution is 2.23. The lowest BCUT2D eigenvalue weighted by molar-refractivity contribution is 0.157. The van der Waals surface area contributed by atoms with Crippen molar-refractivity contribution in [2.75, 3.05) is 25.4 Å². The van der Waals surface area contributed by atoms with Crippen molar-refractivity contribution in [1.29, 1.82) is 0 Å². The van der Waals surface area contributed by atoms with Crippen LogP contribution in [0.1, 0.15) is 25.8 Å². The van der Waals surface area contributed by atoms with Gasteiger partial charge in [0, 0.05) is 19.3 Å². The summed E-state index contributed by atoms with van der Waals surface area (Å²) < 4.78 is 33.4. The van der Waals surface area contributed by atoms with E-state index in [-0.39, 0.29) is 12.6 Å². The Labute approximate surface area is 123 Å². The maximum atomic E-state index is 12.0. The number of aromatic nitrogens is 2. The number of amides is 1. The zero-order valence-electron chi connectivity index (χ0n) is 11.7. The molecular weight excluding hydrogens is 298 g/mol. The summed E-state index contributed by atoms with van der Waals surface area (Å²) in [5.41, 5.74) is 5.57. The molecule has 9 nitrogen and oxygen atoms in total. The van der Waals surface area contributed by atoms with E-state index in [4.69, 9.17) is 5.73 Å².